The van der Waals surface area contributed by atoms with Crippen LogP contribution in [0.3, 0.4) is 0 Å². The first kappa shape index (κ1) is 21.9. The number of nitrogens with one attached hydrogen (secondary N) is 1. The smallest absolute Gasteiger partial charge is 0.338 e. The molecule has 1 N–H and O–H groups in total. The third-order valence-corrected chi connectivity index (χ3v) is 3.92. The number of nitro benzene ring substituents is 1. The standard InChI is InChI=1S/C17H22N2O8/c1-5-10(2)15(17(22)26-4)18-14(20)9-27-13-7-6-11(16(21)25-3)8-12(13)19(23)24/h6-8,10,15H,5,9H2,1-4H3,(H,18,20)/t10-,15+/m1/s1. The van der Waals surface area contributed by atoms with E-state index in [1.165, 1.54) is 19.2 Å². The molecule has 0 saturated carbocycles. The molecule has 0 aliphatic carbocycles. The van der Waals surface area contributed by atoms with E-state index in [4.69, 9.17) is 4.74 Å². The molecule has 1 amide bonds. The van der Waals surface area contributed by atoms with Gasteiger partial charge in [0.05, 0.1) is 24.7 Å². The first-order chi connectivity index (χ1) is 12.7. The van der Waals surface area contributed by atoms with Crippen molar-refractivity contribution in [2.24, 2.45) is 5.92 Å². The number of nitro groups is 1. The summed E-state index contributed by atoms with van der Waals surface area (Å²) >= 11 is 0. The van der Waals surface area contributed by atoms with Crippen LogP contribution in [0.2, 0.25) is 0 Å². The van der Waals surface area contributed by atoms with Crippen LogP contribution in [0.5, 0.6) is 5.75 Å². The highest BCUT2D eigenvalue weighted by Crippen LogP contribution is 2.28. The molecule has 0 radical (unpaired) electrons. The Balaban J connectivity index is 2.87. The van der Waals surface area contributed by atoms with Crippen molar-refractivity contribution in [3.05, 3.63) is 33.9 Å². The average Bonchev–Trinajstić information content (AvgIpc) is 2.68. The summed E-state index contributed by atoms with van der Waals surface area (Å²) in [5.41, 5.74) is -0.513. The third-order valence-electron chi connectivity index (χ3n) is 3.92. The molecule has 0 unspecified atom stereocenters. The van der Waals surface area contributed by atoms with Gasteiger partial charge in [-0.25, -0.2) is 9.59 Å². The summed E-state index contributed by atoms with van der Waals surface area (Å²) in [6.45, 7) is 3.08. The number of ether oxygens (including phenoxy) is 3. The Kier molecular flexibility index (Phi) is 8.18. The zero-order chi connectivity index (χ0) is 20.6. The summed E-state index contributed by atoms with van der Waals surface area (Å²) in [5, 5.41) is 13.7. The Morgan fingerprint density at radius 1 is 1.22 bits per heavy atom. The number of amides is 1. The number of nitrogens with zero attached hydrogens (tertiary/aromatic N) is 1. The van der Waals surface area contributed by atoms with Crippen LogP contribution in [0.1, 0.15) is 30.6 Å². The van der Waals surface area contributed by atoms with Crippen molar-refractivity contribution < 1.29 is 33.5 Å². The van der Waals surface area contributed by atoms with Crippen LogP contribution >= 0.6 is 0 Å². The Morgan fingerprint density at radius 2 is 1.89 bits per heavy atom. The molecule has 0 aliphatic rings. The molecule has 1 rings (SSSR count). The molecule has 148 valence electrons. The molecule has 0 fully saturated rings. The number of hydrogen-bond donors (Lipinski definition) is 1. The lowest BCUT2D eigenvalue weighted by Gasteiger charge is -2.21. The number of benzene rings is 1. The van der Waals surface area contributed by atoms with E-state index in [0.29, 0.717) is 6.42 Å². The molecule has 10 nitrogen and oxygen atoms in total. The fraction of sp³-hybridized carbons (Fsp3) is 0.471. The van der Waals surface area contributed by atoms with Gasteiger partial charge in [-0.15, -0.1) is 0 Å². The maximum Gasteiger partial charge on any atom is 0.338 e. The summed E-state index contributed by atoms with van der Waals surface area (Å²) in [4.78, 5) is 45.8. The predicted molar refractivity (Wildman–Crippen MR) is 93.3 cm³/mol. The second kappa shape index (κ2) is 10.1. The molecule has 1 aromatic rings. The van der Waals surface area contributed by atoms with E-state index < -0.39 is 41.1 Å². The number of hydrogen-bond acceptors (Lipinski definition) is 8. The van der Waals surface area contributed by atoms with Gasteiger partial charge in [-0.2, -0.15) is 0 Å². The van der Waals surface area contributed by atoms with Gasteiger partial charge in [-0.1, -0.05) is 20.3 Å². The van der Waals surface area contributed by atoms with Gasteiger partial charge in [0.15, 0.2) is 12.4 Å². The lowest BCUT2D eigenvalue weighted by molar-refractivity contribution is -0.385. The summed E-state index contributed by atoms with van der Waals surface area (Å²) < 4.78 is 14.4. The molecule has 0 aliphatic heterocycles. The second-order valence-corrected chi connectivity index (χ2v) is 5.67. The molecule has 27 heavy (non-hydrogen) atoms. The Morgan fingerprint density at radius 3 is 2.41 bits per heavy atom. The minimum absolute atomic E-state index is 0.0245. The number of carbonyl (C=O) groups excluding carboxylic acids is 3. The van der Waals surface area contributed by atoms with E-state index in [9.17, 15) is 24.5 Å². The van der Waals surface area contributed by atoms with E-state index in [0.717, 1.165) is 13.2 Å². The van der Waals surface area contributed by atoms with Crippen LogP contribution in [0.15, 0.2) is 18.2 Å². The van der Waals surface area contributed by atoms with Crippen molar-refractivity contribution in [2.75, 3.05) is 20.8 Å². The molecule has 0 heterocycles. The Labute approximate surface area is 155 Å². The van der Waals surface area contributed by atoms with E-state index in [-0.39, 0.29) is 17.2 Å². The Bertz CT molecular complexity index is 719. The highest BCUT2D eigenvalue weighted by Gasteiger charge is 2.27. The van der Waals surface area contributed by atoms with Crippen molar-refractivity contribution in [3.8, 4) is 5.75 Å². The van der Waals surface area contributed by atoms with E-state index in [2.05, 4.69) is 14.8 Å². The second-order valence-electron chi connectivity index (χ2n) is 5.67. The molecule has 10 heteroatoms. The zero-order valence-corrected chi connectivity index (χ0v) is 15.5. The summed E-state index contributed by atoms with van der Waals surface area (Å²) in [6, 6.07) is 2.62. The third kappa shape index (κ3) is 5.94. The van der Waals surface area contributed by atoms with Crippen LogP contribution in [-0.2, 0) is 19.1 Å². The average molecular weight is 382 g/mol. The van der Waals surface area contributed by atoms with Crippen LogP contribution in [-0.4, -0.2) is 49.6 Å². The highest BCUT2D eigenvalue weighted by atomic mass is 16.6. The summed E-state index contributed by atoms with van der Waals surface area (Å²) in [6.07, 6.45) is 0.626. The van der Waals surface area contributed by atoms with Crippen molar-refractivity contribution >= 4 is 23.5 Å². The molecule has 0 aromatic heterocycles. The quantitative estimate of drug-likeness (QED) is 0.385. The highest BCUT2D eigenvalue weighted by molar-refractivity contribution is 5.90. The van der Waals surface area contributed by atoms with Crippen molar-refractivity contribution in [1.82, 2.24) is 5.32 Å². The van der Waals surface area contributed by atoms with E-state index in [1.807, 2.05) is 6.92 Å². The van der Waals surface area contributed by atoms with Gasteiger partial charge in [0.2, 0.25) is 0 Å². The predicted octanol–water partition coefficient (Wildman–Crippen LogP) is 1.46. The van der Waals surface area contributed by atoms with Gasteiger partial charge < -0.3 is 19.5 Å². The number of methoxy groups -OCH3 is 2. The number of esters is 2. The first-order valence-electron chi connectivity index (χ1n) is 8.11. The largest absolute Gasteiger partial charge is 0.477 e. The zero-order valence-electron chi connectivity index (χ0n) is 15.5. The van der Waals surface area contributed by atoms with Crippen LogP contribution < -0.4 is 10.1 Å². The van der Waals surface area contributed by atoms with Crippen molar-refractivity contribution in [2.45, 2.75) is 26.3 Å². The lowest BCUT2D eigenvalue weighted by atomic mass is 9.99. The summed E-state index contributed by atoms with van der Waals surface area (Å²) in [7, 11) is 2.37. The summed E-state index contributed by atoms with van der Waals surface area (Å²) in [5.74, 6) is -2.34. The van der Waals surface area contributed by atoms with Crippen LogP contribution in [0.25, 0.3) is 0 Å². The number of carbonyl (C=O) groups is 3. The van der Waals surface area contributed by atoms with Gasteiger partial charge in [-0.3, -0.25) is 14.9 Å². The monoisotopic (exact) mass is 382 g/mol. The minimum atomic E-state index is -0.854. The molecule has 2 atom stereocenters. The van der Waals surface area contributed by atoms with Crippen LogP contribution in [0.4, 0.5) is 5.69 Å². The Hall–Kier alpha value is -3.17. The topological polar surface area (TPSA) is 134 Å². The molecule has 0 bridgehead atoms. The van der Waals surface area contributed by atoms with Gasteiger partial charge in [0.25, 0.3) is 5.91 Å². The van der Waals surface area contributed by atoms with Crippen molar-refractivity contribution in [1.29, 1.82) is 0 Å². The maximum atomic E-state index is 12.1. The number of rotatable bonds is 9. The fourth-order valence-corrected chi connectivity index (χ4v) is 2.18. The lowest BCUT2D eigenvalue weighted by Crippen LogP contribution is -2.47. The fourth-order valence-electron chi connectivity index (χ4n) is 2.18. The van der Waals surface area contributed by atoms with Gasteiger partial charge >= 0.3 is 17.6 Å². The van der Waals surface area contributed by atoms with Crippen molar-refractivity contribution in [3.63, 3.8) is 0 Å². The van der Waals surface area contributed by atoms with E-state index >= 15 is 0 Å². The molecule has 0 saturated heterocycles. The normalized spacial score (nSPS) is 12.4. The van der Waals surface area contributed by atoms with Gasteiger partial charge in [-0.05, 0) is 18.1 Å². The van der Waals surface area contributed by atoms with Gasteiger partial charge in [0, 0.05) is 6.07 Å². The molecule has 1 aromatic carbocycles. The van der Waals surface area contributed by atoms with Crippen LogP contribution in [0, 0.1) is 16.0 Å². The molecular formula is C17H22N2O8. The minimum Gasteiger partial charge on any atom is -0.477 e. The van der Waals surface area contributed by atoms with Gasteiger partial charge in [0.1, 0.15) is 6.04 Å². The maximum absolute atomic E-state index is 12.1. The van der Waals surface area contributed by atoms with E-state index in [1.54, 1.807) is 6.92 Å². The molecular weight excluding hydrogens is 360 g/mol. The molecule has 0 spiro atoms. The SMILES string of the molecule is CC[C@@H](C)[C@H](NC(=O)COc1ccc(C(=O)OC)cc1[N+](=O)[O-])C(=O)OC. The first-order valence-corrected chi connectivity index (χ1v) is 8.11.